The Hall–Kier alpha value is -1.74. The summed E-state index contributed by atoms with van der Waals surface area (Å²) in [5.74, 6) is 1.98. The molecule has 0 radical (unpaired) electrons. The van der Waals surface area contributed by atoms with E-state index in [1.807, 2.05) is 18.2 Å². The van der Waals surface area contributed by atoms with Crippen LogP contribution in [0.2, 0.25) is 0 Å². The number of methoxy groups -OCH3 is 1. The van der Waals surface area contributed by atoms with E-state index in [0.717, 1.165) is 24.5 Å². The summed E-state index contributed by atoms with van der Waals surface area (Å²) in [6.45, 7) is 0.947. The Morgan fingerprint density at radius 1 is 1.35 bits per heavy atom. The quantitative estimate of drug-likeness (QED) is 0.859. The molecule has 1 aliphatic heterocycles. The molecule has 1 atom stereocenters. The minimum atomic E-state index is 0.215. The lowest BCUT2D eigenvalue weighted by molar-refractivity contribution is 0.412. The van der Waals surface area contributed by atoms with Crippen LogP contribution in [-0.4, -0.2) is 13.7 Å². The maximum atomic E-state index is 5.49. The predicted octanol–water partition coefficient (Wildman–Crippen LogP) is 2.52. The standard InChI is InChI=1S/C14H15NO2/c1-16-11-4-2-3-10(9-11)14-12-6-8-17-13(12)5-7-15-14/h2-4,6,8-9,14-15H,5,7H2,1H3. The van der Waals surface area contributed by atoms with Gasteiger partial charge in [0.15, 0.2) is 0 Å². The van der Waals surface area contributed by atoms with E-state index in [1.54, 1.807) is 13.4 Å². The molecule has 0 amide bonds. The minimum Gasteiger partial charge on any atom is -0.497 e. The molecule has 1 unspecified atom stereocenters. The van der Waals surface area contributed by atoms with Gasteiger partial charge in [-0.15, -0.1) is 0 Å². The summed E-state index contributed by atoms with van der Waals surface area (Å²) in [6, 6.07) is 10.4. The molecule has 2 heterocycles. The first-order chi connectivity index (χ1) is 8.38. The highest BCUT2D eigenvalue weighted by Crippen LogP contribution is 2.30. The van der Waals surface area contributed by atoms with Crippen LogP contribution < -0.4 is 10.1 Å². The fourth-order valence-electron chi connectivity index (χ4n) is 2.37. The van der Waals surface area contributed by atoms with Gasteiger partial charge in [-0.3, -0.25) is 0 Å². The third-order valence-electron chi connectivity index (χ3n) is 3.22. The first kappa shape index (κ1) is 10.4. The van der Waals surface area contributed by atoms with Crippen molar-refractivity contribution in [3.05, 3.63) is 53.5 Å². The van der Waals surface area contributed by atoms with Gasteiger partial charge in [0.05, 0.1) is 19.4 Å². The van der Waals surface area contributed by atoms with E-state index >= 15 is 0 Å². The molecule has 1 aromatic heterocycles. The van der Waals surface area contributed by atoms with Crippen molar-refractivity contribution in [3.63, 3.8) is 0 Å². The van der Waals surface area contributed by atoms with Gasteiger partial charge in [-0.05, 0) is 23.8 Å². The normalized spacial score (nSPS) is 18.8. The van der Waals surface area contributed by atoms with Crippen molar-refractivity contribution in [2.24, 2.45) is 0 Å². The summed E-state index contributed by atoms with van der Waals surface area (Å²) < 4.78 is 10.8. The molecule has 0 saturated carbocycles. The van der Waals surface area contributed by atoms with E-state index in [-0.39, 0.29) is 6.04 Å². The monoisotopic (exact) mass is 229 g/mol. The molecular weight excluding hydrogens is 214 g/mol. The van der Waals surface area contributed by atoms with Crippen LogP contribution in [0, 0.1) is 0 Å². The molecule has 3 rings (SSSR count). The topological polar surface area (TPSA) is 34.4 Å². The van der Waals surface area contributed by atoms with Crippen molar-refractivity contribution >= 4 is 0 Å². The highest BCUT2D eigenvalue weighted by Gasteiger charge is 2.23. The smallest absolute Gasteiger partial charge is 0.119 e. The van der Waals surface area contributed by atoms with E-state index in [9.17, 15) is 0 Å². The summed E-state index contributed by atoms with van der Waals surface area (Å²) in [4.78, 5) is 0. The average molecular weight is 229 g/mol. The molecule has 0 bridgehead atoms. The third-order valence-corrected chi connectivity index (χ3v) is 3.22. The van der Waals surface area contributed by atoms with Gasteiger partial charge >= 0.3 is 0 Å². The molecule has 3 nitrogen and oxygen atoms in total. The summed E-state index contributed by atoms with van der Waals surface area (Å²) in [5, 5.41) is 3.51. The molecule has 1 aromatic carbocycles. The molecule has 0 saturated heterocycles. The van der Waals surface area contributed by atoms with E-state index in [4.69, 9.17) is 9.15 Å². The zero-order valence-corrected chi connectivity index (χ0v) is 9.77. The van der Waals surface area contributed by atoms with Gasteiger partial charge in [0.25, 0.3) is 0 Å². The zero-order valence-electron chi connectivity index (χ0n) is 9.77. The molecule has 17 heavy (non-hydrogen) atoms. The first-order valence-corrected chi connectivity index (χ1v) is 5.82. The van der Waals surface area contributed by atoms with Crippen LogP contribution in [0.25, 0.3) is 0 Å². The van der Waals surface area contributed by atoms with Crippen LogP contribution in [0.15, 0.2) is 41.0 Å². The highest BCUT2D eigenvalue weighted by molar-refractivity contribution is 5.38. The number of benzene rings is 1. The maximum absolute atomic E-state index is 5.49. The molecule has 0 aliphatic carbocycles. The summed E-state index contributed by atoms with van der Waals surface area (Å²) >= 11 is 0. The lowest BCUT2D eigenvalue weighted by Gasteiger charge is -2.23. The fraction of sp³-hybridized carbons (Fsp3) is 0.286. The predicted molar refractivity (Wildman–Crippen MR) is 65.3 cm³/mol. The Morgan fingerprint density at radius 3 is 3.18 bits per heavy atom. The van der Waals surface area contributed by atoms with Gasteiger partial charge in [0.1, 0.15) is 11.5 Å². The van der Waals surface area contributed by atoms with Crippen LogP contribution >= 0.6 is 0 Å². The van der Waals surface area contributed by atoms with Crippen LogP contribution in [0.3, 0.4) is 0 Å². The number of hydrogen-bond acceptors (Lipinski definition) is 3. The Labute approximate surface area is 100 Å². The number of rotatable bonds is 2. The van der Waals surface area contributed by atoms with Gasteiger partial charge in [-0.25, -0.2) is 0 Å². The van der Waals surface area contributed by atoms with E-state index in [1.165, 1.54) is 11.1 Å². The van der Waals surface area contributed by atoms with Crippen LogP contribution in [-0.2, 0) is 6.42 Å². The fourth-order valence-corrected chi connectivity index (χ4v) is 2.37. The van der Waals surface area contributed by atoms with Crippen LogP contribution in [0.5, 0.6) is 5.75 Å². The zero-order chi connectivity index (χ0) is 11.7. The SMILES string of the molecule is COc1cccc(C2NCCc3occc32)c1. The Kier molecular flexibility index (Phi) is 2.61. The molecule has 0 spiro atoms. The number of nitrogens with one attached hydrogen (secondary N) is 1. The molecule has 3 heteroatoms. The molecule has 88 valence electrons. The largest absolute Gasteiger partial charge is 0.497 e. The van der Waals surface area contributed by atoms with Crippen molar-refractivity contribution in [1.82, 2.24) is 5.32 Å². The van der Waals surface area contributed by atoms with Crippen molar-refractivity contribution in [1.29, 1.82) is 0 Å². The number of fused-ring (bicyclic) bond motifs is 1. The lowest BCUT2D eigenvalue weighted by Crippen LogP contribution is -2.29. The second-order valence-electron chi connectivity index (χ2n) is 4.21. The second-order valence-corrected chi connectivity index (χ2v) is 4.21. The van der Waals surface area contributed by atoms with Gasteiger partial charge in [-0.1, -0.05) is 12.1 Å². The molecule has 0 fully saturated rings. The van der Waals surface area contributed by atoms with Crippen molar-refractivity contribution in [3.8, 4) is 5.75 Å². The summed E-state index contributed by atoms with van der Waals surface area (Å²) in [7, 11) is 1.69. The Bertz CT molecular complexity index is 518. The van der Waals surface area contributed by atoms with Gasteiger partial charge in [0, 0.05) is 18.5 Å². The molecule has 1 aliphatic rings. The second kappa shape index (κ2) is 4.26. The number of furan rings is 1. The van der Waals surface area contributed by atoms with Gasteiger partial charge in [-0.2, -0.15) is 0 Å². The first-order valence-electron chi connectivity index (χ1n) is 5.82. The van der Waals surface area contributed by atoms with Crippen LogP contribution in [0.1, 0.15) is 22.9 Å². The number of ether oxygens (including phenoxy) is 1. The van der Waals surface area contributed by atoms with Crippen molar-refractivity contribution in [2.75, 3.05) is 13.7 Å². The summed E-state index contributed by atoms with van der Waals surface area (Å²) in [5.41, 5.74) is 2.45. The lowest BCUT2D eigenvalue weighted by atomic mass is 9.95. The maximum Gasteiger partial charge on any atom is 0.119 e. The number of hydrogen-bond donors (Lipinski definition) is 1. The van der Waals surface area contributed by atoms with Crippen molar-refractivity contribution in [2.45, 2.75) is 12.5 Å². The van der Waals surface area contributed by atoms with E-state index in [2.05, 4.69) is 17.4 Å². The van der Waals surface area contributed by atoms with E-state index in [0.29, 0.717) is 0 Å². The summed E-state index contributed by atoms with van der Waals surface area (Å²) in [6.07, 6.45) is 2.73. The van der Waals surface area contributed by atoms with Gasteiger partial charge in [0.2, 0.25) is 0 Å². The highest BCUT2D eigenvalue weighted by atomic mass is 16.5. The van der Waals surface area contributed by atoms with Crippen molar-refractivity contribution < 1.29 is 9.15 Å². The molecule has 1 N–H and O–H groups in total. The molecular formula is C14H15NO2. The van der Waals surface area contributed by atoms with E-state index < -0.39 is 0 Å². The van der Waals surface area contributed by atoms with Crippen LogP contribution in [0.4, 0.5) is 0 Å². The Balaban J connectivity index is 2.00. The Morgan fingerprint density at radius 2 is 2.29 bits per heavy atom. The third kappa shape index (κ3) is 1.83. The average Bonchev–Trinajstić information content (AvgIpc) is 2.87. The minimum absolute atomic E-state index is 0.215. The van der Waals surface area contributed by atoms with Gasteiger partial charge < -0.3 is 14.5 Å². The molecule has 2 aromatic rings.